The van der Waals surface area contributed by atoms with Crippen molar-refractivity contribution >= 4 is 11.5 Å². The summed E-state index contributed by atoms with van der Waals surface area (Å²) >= 11 is 0. The van der Waals surface area contributed by atoms with Crippen LogP contribution in [0.5, 0.6) is 0 Å². The van der Waals surface area contributed by atoms with Gasteiger partial charge in [0.1, 0.15) is 0 Å². The maximum Gasteiger partial charge on any atom is 0.214 e. The zero-order valence-corrected chi connectivity index (χ0v) is 17.8. The van der Waals surface area contributed by atoms with Gasteiger partial charge in [0.2, 0.25) is 5.78 Å². The first-order chi connectivity index (χ1) is 12.5. The standard InChI is InChI=1S/C23H30N4/c1-14-10-9-11-16-17(14)27-15(2)18-19(24-20-25(8)12-13-26(18)20)23(27,7)22(5,6)21(16,3)4/h9-13,15H,1-8H3/t15-,23?/m0/s1. The molecule has 4 heteroatoms. The monoisotopic (exact) mass is 362 g/mol. The first-order valence-electron chi connectivity index (χ1n) is 9.98. The van der Waals surface area contributed by atoms with Crippen LogP contribution in [-0.4, -0.2) is 14.0 Å². The van der Waals surface area contributed by atoms with E-state index in [9.17, 15) is 0 Å². The molecular formula is C23H30N4. The quantitative estimate of drug-likeness (QED) is 0.556. The molecule has 0 radical (unpaired) electrons. The van der Waals surface area contributed by atoms with E-state index < -0.39 is 0 Å². The van der Waals surface area contributed by atoms with Gasteiger partial charge in [-0.25, -0.2) is 4.98 Å². The Morgan fingerprint density at radius 1 is 1.04 bits per heavy atom. The first kappa shape index (κ1) is 16.9. The molecule has 0 N–H and O–H groups in total. The highest BCUT2D eigenvalue weighted by Crippen LogP contribution is 2.67. The number of aromatic nitrogens is 3. The van der Waals surface area contributed by atoms with Gasteiger partial charge in [-0.2, -0.15) is 0 Å². The van der Waals surface area contributed by atoms with E-state index in [4.69, 9.17) is 4.98 Å². The van der Waals surface area contributed by atoms with Gasteiger partial charge in [-0.1, -0.05) is 45.9 Å². The Balaban J connectivity index is 1.93. The minimum Gasteiger partial charge on any atom is -0.351 e. The Hall–Kier alpha value is -2.23. The summed E-state index contributed by atoms with van der Waals surface area (Å²) in [5, 5.41) is 0. The summed E-state index contributed by atoms with van der Waals surface area (Å²) in [5.41, 5.74) is 6.65. The van der Waals surface area contributed by atoms with Crippen LogP contribution in [0.3, 0.4) is 0 Å². The lowest BCUT2D eigenvalue weighted by Crippen LogP contribution is -2.62. The van der Waals surface area contributed by atoms with Crippen molar-refractivity contribution in [2.45, 2.75) is 65.5 Å². The van der Waals surface area contributed by atoms with Gasteiger partial charge in [0, 0.05) is 30.5 Å². The van der Waals surface area contributed by atoms with Crippen molar-refractivity contribution in [2.75, 3.05) is 4.90 Å². The number of nitrogens with zero attached hydrogens (tertiary/aromatic N) is 4. The maximum absolute atomic E-state index is 5.21. The third-order valence-corrected chi connectivity index (χ3v) is 8.34. The highest BCUT2D eigenvalue weighted by atomic mass is 15.3. The molecule has 0 bridgehead atoms. The first-order valence-corrected chi connectivity index (χ1v) is 9.98. The number of imidazole rings is 2. The molecule has 2 aliphatic rings. The number of para-hydroxylation sites is 1. The number of hydrogen-bond donors (Lipinski definition) is 0. The zero-order valence-electron chi connectivity index (χ0n) is 17.8. The maximum atomic E-state index is 5.21. The van der Waals surface area contributed by atoms with Crippen molar-refractivity contribution in [3.63, 3.8) is 0 Å². The summed E-state index contributed by atoms with van der Waals surface area (Å²) in [5.74, 6) is 1.04. The lowest BCUT2D eigenvalue weighted by molar-refractivity contribution is 0.0627. The van der Waals surface area contributed by atoms with Crippen LogP contribution in [0.1, 0.15) is 70.1 Å². The second-order valence-corrected chi connectivity index (χ2v) is 9.76. The second kappa shape index (κ2) is 4.60. The minimum absolute atomic E-state index is 0.00175. The molecule has 1 aromatic carbocycles. The fourth-order valence-corrected chi connectivity index (χ4v) is 5.89. The van der Waals surface area contributed by atoms with Gasteiger partial charge in [0.05, 0.1) is 23.0 Å². The largest absolute Gasteiger partial charge is 0.351 e. The van der Waals surface area contributed by atoms with Crippen molar-refractivity contribution in [1.82, 2.24) is 14.0 Å². The molecule has 4 nitrogen and oxygen atoms in total. The Kier molecular flexibility index (Phi) is 2.88. The van der Waals surface area contributed by atoms with Crippen LogP contribution >= 0.6 is 0 Å². The number of benzene rings is 1. The fourth-order valence-electron chi connectivity index (χ4n) is 5.89. The molecule has 2 atom stereocenters. The summed E-state index contributed by atoms with van der Waals surface area (Å²) in [6.07, 6.45) is 4.26. The Morgan fingerprint density at radius 2 is 1.74 bits per heavy atom. The van der Waals surface area contributed by atoms with E-state index in [2.05, 4.69) is 100.0 Å². The number of hydrogen-bond acceptors (Lipinski definition) is 2. The molecule has 3 aromatic rings. The molecule has 0 fully saturated rings. The third kappa shape index (κ3) is 1.57. The van der Waals surface area contributed by atoms with Crippen molar-refractivity contribution in [1.29, 1.82) is 0 Å². The van der Waals surface area contributed by atoms with Crippen LogP contribution in [0.15, 0.2) is 30.6 Å². The second-order valence-electron chi connectivity index (χ2n) is 9.76. The Morgan fingerprint density at radius 3 is 2.44 bits per heavy atom. The summed E-state index contributed by atoms with van der Waals surface area (Å²) in [7, 11) is 2.08. The van der Waals surface area contributed by atoms with Crippen LogP contribution in [-0.2, 0) is 18.0 Å². The SMILES string of the molecule is Cc1cccc2c1N1[C@@H](C)c3c(nc4n(C)ccn34)C1(C)C(C)(C)C2(C)C. The average Bonchev–Trinajstić information content (AvgIpc) is 3.20. The van der Waals surface area contributed by atoms with E-state index in [0.717, 1.165) is 5.78 Å². The van der Waals surface area contributed by atoms with Crippen LogP contribution in [0.25, 0.3) is 5.78 Å². The molecular weight excluding hydrogens is 332 g/mol. The van der Waals surface area contributed by atoms with E-state index >= 15 is 0 Å². The van der Waals surface area contributed by atoms with Crippen molar-refractivity contribution < 1.29 is 0 Å². The molecule has 0 saturated heterocycles. The smallest absolute Gasteiger partial charge is 0.214 e. The molecule has 2 aliphatic heterocycles. The molecule has 27 heavy (non-hydrogen) atoms. The molecule has 142 valence electrons. The van der Waals surface area contributed by atoms with Gasteiger partial charge in [-0.15, -0.1) is 0 Å². The van der Waals surface area contributed by atoms with Gasteiger partial charge in [-0.3, -0.25) is 4.40 Å². The normalized spacial score (nSPS) is 27.6. The number of anilines is 1. The molecule has 0 amide bonds. The molecule has 5 rings (SSSR count). The summed E-state index contributed by atoms with van der Waals surface area (Å²) in [4.78, 5) is 7.87. The molecule has 0 saturated carbocycles. The minimum atomic E-state index is -0.170. The predicted octanol–water partition coefficient (Wildman–Crippen LogP) is 5.10. The summed E-state index contributed by atoms with van der Waals surface area (Å²) in [6, 6.07) is 7.07. The average molecular weight is 363 g/mol. The van der Waals surface area contributed by atoms with E-state index in [1.54, 1.807) is 0 Å². The van der Waals surface area contributed by atoms with Crippen LogP contribution in [0, 0.1) is 12.3 Å². The van der Waals surface area contributed by atoms with E-state index in [1.807, 2.05) is 0 Å². The molecule has 0 aliphatic carbocycles. The van der Waals surface area contributed by atoms with Crippen molar-refractivity contribution in [2.24, 2.45) is 12.5 Å². The number of aryl methyl sites for hydroxylation is 2. The van der Waals surface area contributed by atoms with Crippen molar-refractivity contribution in [3.05, 3.63) is 53.1 Å². The van der Waals surface area contributed by atoms with Crippen LogP contribution in [0.2, 0.25) is 0 Å². The van der Waals surface area contributed by atoms with Gasteiger partial charge in [0.15, 0.2) is 0 Å². The van der Waals surface area contributed by atoms with E-state index in [-0.39, 0.29) is 22.4 Å². The molecule has 1 unspecified atom stereocenters. The van der Waals surface area contributed by atoms with E-state index in [1.165, 1.54) is 28.2 Å². The van der Waals surface area contributed by atoms with E-state index in [0.29, 0.717) is 0 Å². The van der Waals surface area contributed by atoms with Gasteiger partial charge in [0.25, 0.3) is 0 Å². The number of rotatable bonds is 0. The summed E-state index contributed by atoms with van der Waals surface area (Å²) < 4.78 is 4.42. The Bertz CT molecular complexity index is 1100. The van der Waals surface area contributed by atoms with Crippen LogP contribution in [0.4, 0.5) is 5.69 Å². The number of fused-ring (bicyclic) bond motifs is 7. The molecule has 2 aromatic heterocycles. The van der Waals surface area contributed by atoms with Crippen molar-refractivity contribution in [3.8, 4) is 0 Å². The highest BCUT2D eigenvalue weighted by Gasteiger charge is 2.65. The fraction of sp³-hybridized carbons (Fsp3) is 0.522. The molecule has 0 spiro atoms. The topological polar surface area (TPSA) is 25.5 Å². The van der Waals surface area contributed by atoms with Gasteiger partial charge < -0.3 is 9.47 Å². The lowest BCUT2D eigenvalue weighted by Gasteiger charge is -2.61. The highest BCUT2D eigenvalue weighted by molar-refractivity contribution is 5.72. The zero-order chi connectivity index (χ0) is 19.5. The summed E-state index contributed by atoms with van der Waals surface area (Å²) in [6.45, 7) is 16.7. The van der Waals surface area contributed by atoms with Crippen LogP contribution < -0.4 is 4.90 Å². The van der Waals surface area contributed by atoms with Gasteiger partial charge in [-0.05, 0) is 37.3 Å². The predicted molar refractivity (Wildman–Crippen MR) is 110 cm³/mol. The molecule has 4 heterocycles. The third-order valence-electron chi connectivity index (χ3n) is 8.34. The Labute approximate surface area is 161 Å². The lowest BCUT2D eigenvalue weighted by atomic mass is 9.52. The van der Waals surface area contributed by atoms with Gasteiger partial charge >= 0.3 is 0 Å².